The summed E-state index contributed by atoms with van der Waals surface area (Å²) in [5.74, 6) is 1.07. The fourth-order valence-electron chi connectivity index (χ4n) is 2.75. The van der Waals surface area contributed by atoms with Gasteiger partial charge < -0.3 is 15.2 Å². The summed E-state index contributed by atoms with van der Waals surface area (Å²) in [7, 11) is 0. The molecule has 0 radical (unpaired) electrons. The van der Waals surface area contributed by atoms with Crippen LogP contribution in [0.1, 0.15) is 37.4 Å². The Morgan fingerprint density at radius 3 is 3.06 bits per heavy atom. The number of hydrogen-bond acceptors (Lipinski definition) is 2. The third-order valence-electron chi connectivity index (χ3n) is 3.96. The van der Waals surface area contributed by atoms with Crippen molar-refractivity contribution in [2.75, 3.05) is 19.6 Å². The smallest absolute Gasteiger partial charge is 0.237 e. The number of carbonyl (C=O) groups excluding carboxylic acids is 1. The van der Waals surface area contributed by atoms with Gasteiger partial charge in [0.2, 0.25) is 5.91 Å². The topological polar surface area (TPSA) is 48.1 Å². The summed E-state index contributed by atoms with van der Waals surface area (Å²) in [4.78, 5) is 17.5. The number of hydrogen-bond donors (Lipinski definition) is 2. The van der Waals surface area contributed by atoms with Crippen molar-refractivity contribution >= 4 is 5.91 Å². The first-order valence-electron chi connectivity index (χ1n) is 6.98. The summed E-state index contributed by atoms with van der Waals surface area (Å²) in [5.41, 5.74) is 1.17. The molecule has 4 nitrogen and oxygen atoms in total. The van der Waals surface area contributed by atoms with Gasteiger partial charge in [0.25, 0.3) is 0 Å². The maximum absolute atomic E-state index is 12.2. The van der Waals surface area contributed by atoms with Crippen molar-refractivity contribution in [2.24, 2.45) is 5.92 Å². The monoisotopic (exact) mass is 247 g/mol. The van der Waals surface area contributed by atoms with Crippen molar-refractivity contribution < 1.29 is 4.79 Å². The first kappa shape index (κ1) is 11.8. The molecule has 1 saturated carbocycles. The van der Waals surface area contributed by atoms with Gasteiger partial charge in [-0.25, -0.2) is 0 Å². The summed E-state index contributed by atoms with van der Waals surface area (Å²) >= 11 is 0. The van der Waals surface area contributed by atoms with Gasteiger partial charge in [-0.3, -0.25) is 4.79 Å². The van der Waals surface area contributed by atoms with Gasteiger partial charge in [0.15, 0.2) is 0 Å². The Kier molecular flexibility index (Phi) is 3.37. The van der Waals surface area contributed by atoms with Gasteiger partial charge in [-0.2, -0.15) is 0 Å². The molecule has 2 N–H and O–H groups in total. The largest absolute Gasteiger partial charge is 0.363 e. The molecule has 2 heterocycles. The lowest BCUT2D eigenvalue weighted by atomic mass is 10.1. The molecule has 1 saturated heterocycles. The van der Waals surface area contributed by atoms with E-state index in [9.17, 15) is 4.79 Å². The highest BCUT2D eigenvalue weighted by molar-refractivity contribution is 5.79. The molecular weight excluding hydrogens is 226 g/mol. The average molecular weight is 247 g/mol. The number of carbonyl (C=O) groups is 1. The van der Waals surface area contributed by atoms with Crippen LogP contribution in [0.4, 0.5) is 0 Å². The van der Waals surface area contributed by atoms with Crippen molar-refractivity contribution in [2.45, 2.75) is 31.7 Å². The molecule has 1 aliphatic carbocycles. The van der Waals surface area contributed by atoms with Crippen LogP contribution in [0.2, 0.25) is 0 Å². The summed E-state index contributed by atoms with van der Waals surface area (Å²) in [5, 5.41) is 3.29. The Bertz CT molecular complexity index is 397. The first-order chi connectivity index (χ1) is 8.84. The van der Waals surface area contributed by atoms with Crippen molar-refractivity contribution in [1.29, 1.82) is 0 Å². The van der Waals surface area contributed by atoms with Crippen LogP contribution < -0.4 is 5.32 Å². The SMILES string of the molecule is O=C(CNCC1CC1)N1CCCC1c1ccc[nH]1. The average Bonchev–Trinajstić information content (AvgIpc) is 2.88. The van der Waals surface area contributed by atoms with Crippen molar-refractivity contribution in [3.05, 3.63) is 24.0 Å². The standard InChI is InChI=1S/C14H21N3O/c18-14(10-15-9-11-5-6-11)17-8-2-4-13(17)12-3-1-7-16-12/h1,3,7,11,13,15-16H,2,4-6,8-10H2. The van der Waals surface area contributed by atoms with Crippen molar-refractivity contribution in [3.8, 4) is 0 Å². The van der Waals surface area contributed by atoms with Crippen molar-refractivity contribution in [1.82, 2.24) is 15.2 Å². The van der Waals surface area contributed by atoms with Gasteiger partial charge >= 0.3 is 0 Å². The number of nitrogens with zero attached hydrogens (tertiary/aromatic N) is 1. The van der Waals surface area contributed by atoms with Crippen LogP contribution in [0.3, 0.4) is 0 Å². The molecule has 1 amide bonds. The predicted molar refractivity (Wildman–Crippen MR) is 70.1 cm³/mol. The second kappa shape index (κ2) is 5.14. The minimum absolute atomic E-state index is 0.243. The highest BCUT2D eigenvalue weighted by Crippen LogP contribution is 2.31. The van der Waals surface area contributed by atoms with E-state index in [1.165, 1.54) is 18.5 Å². The lowest BCUT2D eigenvalue weighted by molar-refractivity contribution is -0.131. The molecule has 3 rings (SSSR count). The number of aromatic amines is 1. The molecule has 1 atom stereocenters. The fourth-order valence-corrected chi connectivity index (χ4v) is 2.75. The number of amides is 1. The number of H-pyrrole nitrogens is 1. The number of nitrogens with one attached hydrogen (secondary N) is 2. The number of rotatable bonds is 5. The van der Waals surface area contributed by atoms with E-state index in [4.69, 9.17) is 0 Å². The van der Waals surface area contributed by atoms with E-state index in [-0.39, 0.29) is 11.9 Å². The Balaban J connectivity index is 1.54. The molecule has 4 heteroatoms. The van der Waals surface area contributed by atoms with E-state index in [1.807, 2.05) is 17.2 Å². The molecular formula is C14H21N3O. The Morgan fingerprint density at radius 1 is 1.44 bits per heavy atom. The highest BCUT2D eigenvalue weighted by Gasteiger charge is 2.30. The maximum atomic E-state index is 12.2. The van der Waals surface area contributed by atoms with Crippen LogP contribution in [0.25, 0.3) is 0 Å². The van der Waals surface area contributed by atoms with E-state index in [0.29, 0.717) is 6.54 Å². The van der Waals surface area contributed by atoms with Crippen LogP contribution in [0, 0.1) is 5.92 Å². The molecule has 18 heavy (non-hydrogen) atoms. The van der Waals surface area contributed by atoms with Gasteiger partial charge in [-0.15, -0.1) is 0 Å². The zero-order valence-electron chi connectivity index (χ0n) is 10.7. The van der Waals surface area contributed by atoms with Crippen LogP contribution >= 0.6 is 0 Å². The minimum atomic E-state index is 0.243. The van der Waals surface area contributed by atoms with E-state index >= 15 is 0 Å². The molecule has 1 aliphatic heterocycles. The van der Waals surface area contributed by atoms with Gasteiger partial charge in [-0.05, 0) is 50.3 Å². The second-order valence-electron chi connectivity index (χ2n) is 5.44. The third kappa shape index (κ3) is 2.58. The van der Waals surface area contributed by atoms with E-state index in [2.05, 4.69) is 16.4 Å². The Morgan fingerprint density at radius 2 is 2.33 bits per heavy atom. The number of aromatic nitrogens is 1. The minimum Gasteiger partial charge on any atom is -0.363 e. The first-order valence-corrected chi connectivity index (χ1v) is 6.98. The summed E-state index contributed by atoms with van der Waals surface area (Å²) in [6, 6.07) is 4.34. The maximum Gasteiger partial charge on any atom is 0.237 e. The lowest BCUT2D eigenvalue weighted by Gasteiger charge is -2.24. The van der Waals surface area contributed by atoms with E-state index in [1.54, 1.807) is 0 Å². The normalized spacial score (nSPS) is 23.6. The fraction of sp³-hybridized carbons (Fsp3) is 0.643. The highest BCUT2D eigenvalue weighted by atomic mass is 16.2. The molecule has 0 bridgehead atoms. The lowest BCUT2D eigenvalue weighted by Crippen LogP contribution is -2.38. The van der Waals surface area contributed by atoms with Crippen molar-refractivity contribution in [3.63, 3.8) is 0 Å². The molecule has 1 unspecified atom stereocenters. The molecule has 0 spiro atoms. The van der Waals surface area contributed by atoms with E-state index < -0.39 is 0 Å². The summed E-state index contributed by atoms with van der Waals surface area (Å²) in [6.45, 7) is 2.40. The van der Waals surface area contributed by atoms with Crippen LogP contribution in [-0.2, 0) is 4.79 Å². The Hall–Kier alpha value is -1.29. The molecule has 2 fully saturated rings. The van der Waals surface area contributed by atoms with E-state index in [0.717, 1.165) is 31.8 Å². The molecule has 1 aromatic heterocycles. The zero-order valence-corrected chi connectivity index (χ0v) is 10.7. The molecule has 2 aliphatic rings. The molecule has 98 valence electrons. The third-order valence-corrected chi connectivity index (χ3v) is 3.96. The summed E-state index contributed by atoms with van der Waals surface area (Å²) < 4.78 is 0. The quantitative estimate of drug-likeness (QED) is 0.831. The zero-order chi connectivity index (χ0) is 12.4. The second-order valence-corrected chi connectivity index (χ2v) is 5.44. The number of likely N-dealkylation sites (tertiary alicyclic amines) is 1. The van der Waals surface area contributed by atoms with Gasteiger partial charge in [0.05, 0.1) is 12.6 Å². The Labute approximate surface area is 108 Å². The molecule has 0 aromatic carbocycles. The van der Waals surface area contributed by atoms with Crippen LogP contribution in [0.5, 0.6) is 0 Å². The van der Waals surface area contributed by atoms with Crippen LogP contribution in [0.15, 0.2) is 18.3 Å². The predicted octanol–water partition coefficient (Wildman–Crippen LogP) is 1.68. The summed E-state index contributed by atoms with van der Waals surface area (Å²) in [6.07, 6.45) is 6.78. The van der Waals surface area contributed by atoms with Gasteiger partial charge in [-0.1, -0.05) is 0 Å². The van der Waals surface area contributed by atoms with Crippen LogP contribution in [-0.4, -0.2) is 35.4 Å². The van der Waals surface area contributed by atoms with Gasteiger partial charge in [0, 0.05) is 18.4 Å². The van der Waals surface area contributed by atoms with Gasteiger partial charge in [0.1, 0.15) is 0 Å². The molecule has 1 aromatic rings.